The molecule has 0 aliphatic heterocycles. The maximum atomic E-state index is 5.25. The molecule has 0 saturated heterocycles. The van der Waals surface area contributed by atoms with E-state index in [0.717, 1.165) is 16.6 Å². The van der Waals surface area contributed by atoms with Crippen molar-refractivity contribution in [1.82, 2.24) is 14.8 Å². The number of nitrogens with one attached hydrogen (secondary N) is 1. The molecule has 0 saturated carbocycles. The Morgan fingerprint density at radius 3 is 2.74 bits per heavy atom. The summed E-state index contributed by atoms with van der Waals surface area (Å²) in [7, 11) is 0. The Hall–Kier alpha value is -1.05. The highest BCUT2D eigenvalue weighted by Crippen LogP contribution is 2.19. The predicted octanol–water partition coefficient (Wildman–Crippen LogP) is 3.44. The first-order chi connectivity index (χ1) is 9.24. The van der Waals surface area contributed by atoms with Crippen LogP contribution in [-0.4, -0.2) is 31.1 Å². The zero-order chi connectivity index (χ0) is 13.7. The maximum absolute atomic E-state index is 5.25. The van der Waals surface area contributed by atoms with Crippen molar-refractivity contribution >= 4 is 46.0 Å². The maximum Gasteiger partial charge on any atom is 0.232 e. The van der Waals surface area contributed by atoms with Crippen molar-refractivity contribution in [3.63, 3.8) is 0 Å². The van der Waals surface area contributed by atoms with Crippen LogP contribution in [0.15, 0.2) is 35.5 Å². The van der Waals surface area contributed by atoms with E-state index >= 15 is 0 Å². The van der Waals surface area contributed by atoms with Crippen molar-refractivity contribution < 1.29 is 0 Å². The summed E-state index contributed by atoms with van der Waals surface area (Å²) in [4.78, 5) is 4.43. The van der Waals surface area contributed by atoms with Gasteiger partial charge in [-0.2, -0.15) is 9.67 Å². The van der Waals surface area contributed by atoms with Gasteiger partial charge < -0.3 is 5.32 Å². The molecule has 1 aromatic heterocycles. The zero-order valence-corrected chi connectivity index (χ0v) is 13.1. The van der Waals surface area contributed by atoms with Gasteiger partial charge in [0.05, 0.1) is 5.69 Å². The van der Waals surface area contributed by atoms with E-state index in [0.29, 0.717) is 10.3 Å². The smallest absolute Gasteiger partial charge is 0.232 e. The monoisotopic (exact) mass is 310 g/mol. The fraction of sp³-hybridized carbons (Fsp3) is 0.250. The molecular weight excluding hydrogens is 296 g/mol. The molecule has 4 nitrogen and oxygen atoms in total. The Balaban J connectivity index is 2.32. The van der Waals surface area contributed by atoms with E-state index in [2.05, 4.69) is 22.3 Å². The van der Waals surface area contributed by atoms with Crippen LogP contribution < -0.4 is 5.32 Å². The number of aromatic nitrogens is 3. The molecule has 0 radical (unpaired) electrons. The average molecular weight is 310 g/mol. The van der Waals surface area contributed by atoms with Gasteiger partial charge in [-0.1, -0.05) is 60.9 Å². The highest BCUT2D eigenvalue weighted by atomic mass is 32.2. The summed E-state index contributed by atoms with van der Waals surface area (Å²) in [5, 5.41) is 8.30. The van der Waals surface area contributed by atoms with E-state index in [4.69, 9.17) is 12.2 Å². The molecule has 0 spiro atoms. The fourth-order valence-electron chi connectivity index (χ4n) is 1.47. The second-order valence-electron chi connectivity index (χ2n) is 3.51. The number of anilines is 1. The largest absolute Gasteiger partial charge is 0.310 e. The second kappa shape index (κ2) is 6.93. The molecule has 1 N–H and O–H groups in total. The number of rotatable bonds is 4. The number of thiocarbonyl (C=S) groups is 1. The van der Waals surface area contributed by atoms with Crippen LogP contribution in [0.2, 0.25) is 0 Å². The average Bonchev–Trinajstić information content (AvgIpc) is 2.83. The standard InChI is InChI=1S/C12H14N4S3/c1-3-19-12(17)14-10-13-11(18-2)15-16(10)9-7-5-4-6-8-9/h4-8H,3H2,1-2H3,(H,13,14,15,17). The lowest BCUT2D eigenvalue weighted by molar-refractivity contribution is 0.841. The van der Waals surface area contributed by atoms with Gasteiger partial charge in [0.25, 0.3) is 0 Å². The third-order valence-electron chi connectivity index (χ3n) is 2.26. The SMILES string of the molecule is CCSC(=S)Nc1nc(SC)nn1-c1ccccc1. The Morgan fingerprint density at radius 2 is 2.11 bits per heavy atom. The van der Waals surface area contributed by atoms with Crippen LogP contribution in [0.4, 0.5) is 5.95 Å². The summed E-state index contributed by atoms with van der Waals surface area (Å²) in [6.45, 7) is 2.06. The molecule has 1 heterocycles. The summed E-state index contributed by atoms with van der Waals surface area (Å²) in [6.07, 6.45) is 1.95. The van der Waals surface area contributed by atoms with Gasteiger partial charge in [0.15, 0.2) is 0 Å². The van der Waals surface area contributed by atoms with Crippen molar-refractivity contribution in [2.45, 2.75) is 12.1 Å². The van der Waals surface area contributed by atoms with Crippen molar-refractivity contribution in [3.8, 4) is 5.69 Å². The number of hydrogen-bond donors (Lipinski definition) is 1. The Labute approximate surface area is 126 Å². The van der Waals surface area contributed by atoms with Gasteiger partial charge >= 0.3 is 0 Å². The molecule has 0 amide bonds. The Bertz CT molecular complexity index is 553. The van der Waals surface area contributed by atoms with Gasteiger partial charge in [-0.25, -0.2) is 0 Å². The summed E-state index contributed by atoms with van der Waals surface area (Å²) in [6, 6.07) is 9.89. The first-order valence-electron chi connectivity index (χ1n) is 5.75. The fourth-order valence-corrected chi connectivity index (χ4v) is 2.68. The number of benzene rings is 1. The molecular formula is C12H14N4S3. The van der Waals surface area contributed by atoms with Gasteiger partial charge in [0.2, 0.25) is 11.1 Å². The van der Waals surface area contributed by atoms with Gasteiger partial charge in [-0.05, 0) is 24.1 Å². The third-order valence-corrected chi connectivity index (χ3v) is 3.91. The van der Waals surface area contributed by atoms with Gasteiger partial charge in [0.1, 0.15) is 4.32 Å². The zero-order valence-electron chi connectivity index (χ0n) is 10.7. The summed E-state index contributed by atoms with van der Waals surface area (Å²) >= 11 is 8.34. The Kier molecular flexibility index (Phi) is 5.24. The minimum atomic E-state index is 0.654. The molecule has 0 aliphatic rings. The summed E-state index contributed by atoms with van der Waals surface area (Å²) < 4.78 is 2.48. The molecule has 1 aromatic carbocycles. The number of thioether (sulfide) groups is 2. The molecule has 0 bridgehead atoms. The van der Waals surface area contributed by atoms with E-state index in [-0.39, 0.29) is 0 Å². The lowest BCUT2D eigenvalue weighted by Gasteiger charge is -2.07. The first kappa shape index (κ1) is 14.4. The van der Waals surface area contributed by atoms with E-state index < -0.39 is 0 Å². The molecule has 19 heavy (non-hydrogen) atoms. The van der Waals surface area contributed by atoms with E-state index in [1.165, 1.54) is 11.8 Å². The third kappa shape index (κ3) is 3.71. The van der Waals surface area contributed by atoms with Crippen molar-refractivity contribution in [2.24, 2.45) is 0 Å². The van der Waals surface area contributed by atoms with Crippen LogP contribution in [0, 0.1) is 0 Å². The van der Waals surface area contributed by atoms with Crippen molar-refractivity contribution in [3.05, 3.63) is 30.3 Å². The van der Waals surface area contributed by atoms with Crippen LogP contribution in [0.3, 0.4) is 0 Å². The van der Waals surface area contributed by atoms with E-state index in [1.54, 1.807) is 16.4 Å². The topological polar surface area (TPSA) is 42.7 Å². The minimum absolute atomic E-state index is 0.654. The predicted molar refractivity (Wildman–Crippen MR) is 87.5 cm³/mol. The van der Waals surface area contributed by atoms with Gasteiger partial charge in [-0.15, -0.1) is 5.10 Å². The van der Waals surface area contributed by atoms with Crippen LogP contribution in [-0.2, 0) is 0 Å². The summed E-state index contributed by atoms with van der Waals surface area (Å²) in [5.41, 5.74) is 0.960. The molecule has 0 atom stereocenters. The number of hydrogen-bond acceptors (Lipinski definition) is 5. The van der Waals surface area contributed by atoms with Crippen LogP contribution in [0.1, 0.15) is 6.92 Å². The van der Waals surface area contributed by atoms with E-state index in [9.17, 15) is 0 Å². The van der Waals surface area contributed by atoms with E-state index in [1.807, 2.05) is 36.6 Å². The van der Waals surface area contributed by atoms with Gasteiger partial charge in [-0.3, -0.25) is 0 Å². The van der Waals surface area contributed by atoms with Crippen LogP contribution in [0.25, 0.3) is 5.69 Å². The number of para-hydroxylation sites is 1. The summed E-state index contributed by atoms with van der Waals surface area (Å²) in [5.74, 6) is 1.59. The van der Waals surface area contributed by atoms with Crippen LogP contribution >= 0.6 is 35.7 Å². The lowest BCUT2D eigenvalue weighted by atomic mass is 10.3. The lowest BCUT2D eigenvalue weighted by Crippen LogP contribution is -2.11. The highest BCUT2D eigenvalue weighted by molar-refractivity contribution is 8.23. The number of nitrogens with zero attached hydrogens (tertiary/aromatic N) is 3. The second-order valence-corrected chi connectivity index (χ2v) is 6.23. The first-order valence-corrected chi connectivity index (χ1v) is 8.36. The molecule has 7 heteroatoms. The molecule has 0 aliphatic carbocycles. The normalized spacial score (nSPS) is 10.4. The van der Waals surface area contributed by atoms with Crippen LogP contribution in [0.5, 0.6) is 0 Å². The van der Waals surface area contributed by atoms with Crippen molar-refractivity contribution in [2.75, 3.05) is 17.3 Å². The quantitative estimate of drug-likeness (QED) is 0.689. The Morgan fingerprint density at radius 1 is 1.37 bits per heavy atom. The van der Waals surface area contributed by atoms with Gasteiger partial charge in [0, 0.05) is 0 Å². The minimum Gasteiger partial charge on any atom is -0.310 e. The highest BCUT2D eigenvalue weighted by Gasteiger charge is 2.12. The van der Waals surface area contributed by atoms with Crippen molar-refractivity contribution in [1.29, 1.82) is 0 Å². The molecule has 2 rings (SSSR count). The molecule has 0 unspecified atom stereocenters. The molecule has 2 aromatic rings. The molecule has 100 valence electrons. The molecule has 0 fully saturated rings.